The second kappa shape index (κ2) is 9.38. The van der Waals surface area contributed by atoms with Crippen LogP contribution >= 0.6 is 0 Å². The van der Waals surface area contributed by atoms with E-state index in [1.807, 2.05) is 32.9 Å². The van der Waals surface area contributed by atoms with E-state index < -0.39 is 23.6 Å². The molecule has 1 atom stereocenters. The molecule has 0 radical (unpaired) electrons. The third-order valence-electron chi connectivity index (χ3n) is 4.20. The van der Waals surface area contributed by atoms with Crippen LogP contribution in [0, 0.1) is 12.8 Å². The Morgan fingerprint density at radius 2 is 1.97 bits per heavy atom. The van der Waals surface area contributed by atoms with E-state index in [1.54, 1.807) is 13.8 Å². The van der Waals surface area contributed by atoms with Gasteiger partial charge in [-0.05, 0) is 53.0 Å². The van der Waals surface area contributed by atoms with Crippen LogP contribution < -0.4 is 0 Å². The fraction of sp³-hybridized carbons (Fsp3) is 0.545. The van der Waals surface area contributed by atoms with Gasteiger partial charge in [0, 0.05) is 17.3 Å². The Kier molecular flexibility index (Phi) is 7.36. The molecule has 2 aromatic rings. The molecule has 0 unspecified atom stereocenters. The summed E-state index contributed by atoms with van der Waals surface area (Å²) in [7, 11) is 0. The first-order valence-corrected chi connectivity index (χ1v) is 10.1. The van der Waals surface area contributed by atoms with Crippen LogP contribution in [0.25, 0.3) is 11.7 Å². The topological polar surface area (TPSA) is 103 Å². The van der Waals surface area contributed by atoms with Crippen molar-refractivity contribution in [3.05, 3.63) is 34.8 Å². The van der Waals surface area contributed by atoms with Crippen molar-refractivity contribution in [1.29, 1.82) is 0 Å². The number of ether oxygens (including phenoxy) is 2. The summed E-state index contributed by atoms with van der Waals surface area (Å²) < 4.78 is 12.8. The monoisotopic (exact) mass is 417 g/mol. The summed E-state index contributed by atoms with van der Waals surface area (Å²) in [6.45, 7) is 13.5. The average Bonchev–Trinajstić information content (AvgIpc) is 3.03. The van der Waals surface area contributed by atoms with Gasteiger partial charge in [0.25, 0.3) is 0 Å². The van der Waals surface area contributed by atoms with Crippen LogP contribution in [0.4, 0.5) is 0 Å². The Labute approximate surface area is 176 Å². The first kappa shape index (κ1) is 23.5. The van der Waals surface area contributed by atoms with Crippen molar-refractivity contribution in [2.45, 2.75) is 66.6 Å². The van der Waals surface area contributed by atoms with Gasteiger partial charge in [-0.1, -0.05) is 19.9 Å². The molecule has 0 fully saturated rings. The highest BCUT2D eigenvalue weighted by molar-refractivity contribution is 5.87. The molecule has 1 N–H and O–H groups in total. The van der Waals surface area contributed by atoms with Gasteiger partial charge in [-0.15, -0.1) is 0 Å². The van der Waals surface area contributed by atoms with Gasteiger partial charge < -0.3 is 14.6 Å². The van der Waals surface area contributed by atoms with Crippen LogP contribution in [0.3, 0.4) is 0 Å². The lowest BCUT2D eigenvalue weighted by Crippen LogP contribution is -2.30. The standard InChI is InChI=1S/C22H31N3O5/c1-8-29-21(28)19(30-22(5,6)7)18-14(4)23-17-12-15(20(26)27)24-25(17)16(18)11-9-10-13(2)3/h9,11-13,19H,8,10H2,1-7H3,(H,26,27)/b11-9+/t19-/m0/s1. The van der Waals surface area contributed by atoms with Crippen LogP contribution in [0.1, 0.15) is 81.5 Å². The van der Waals surface area contributed by atoms with Crippen LogP contribution in [-0.4, -0.2) is 43.9 Å². The molecule has 0 saturated carbocycles. The number of carboxylic acids is 1. The van der Waals surface area contributed by atoms with E-state index >= 15 is 0 Å². The van der Waals surface area contributed by atoms with Gasteiger partial charge in [-0.25, -0.2) is 19.1 Å². The SMILES string of the molecule is CCOC(=O)[C@@H](OC(C)(C)C)c1c(C)nc2cc(C(=O)O)nn2c1/C=C/CC(C)C. The number of aryl methyl sites for hydroxylation is 1. The molecule has 164 valence electrons. The summed E-state index contributed by atoms with van der Waals surface area (Å²) in [6, 6.07) is 1.41. The third-order valence-corrected chi connectivity index (χ3v) is 4.20. The van der Waals surface area contributed by atoms with E-state index in [1.165, 1.54) is 10.6 Å². The van der Waals surface area contributed by atoms with Crippen molar-refractivity contribution in [3.63, 3.8) is 0 Å². The first-order valence-electron chi connectivity index (χ1n) is 10.1. The summed E-state index contributed by atoms with van der Waals surface area (Å²) in [5.41, 5.74) is 1.24. The lowest BCUT2D eigenvalue weighted by Gasteiger charge is -2.28. The van der Waals surface area contributed by atoms with Crippen LogP contribution in [-0.2, 0) is 14.3 Å². The highest BCUT2D eigenvalue weighted by Crippen LogP contribution is 2.31. The summed E-state index contributed by atoms with van der Waals surface area (Å²) in [6.07, 6.45) is 3.59. The maximum Gasteiger partial charge on any atom is 0.356 e. The van der Waals surface area contributed by atoms with E-state index in [0.29, 0.717) is 28.5 Å². The van der Waals surface area contributed by atoms with Gasteiger partial charge in [-0.2, -0.15) is 5.10 Å². The number of carbonyl (C=O) groups excluding carboxylic acids is 1. The fourth-order valence-corrected chi connectivity index (χ4v) is 3.00. The van der Waals surface area contributed by atoms with Gasteiger partial charge in [0.05, 0.1) is 17.9 Å². The Bertz CT molecular complexity index is 954. The molecule has 2 heterocycles. The van der Waals surface area contributed by atoms with E-state index in [-0.39, 0.29) is 12.3 Å². The number of hydrogen-bond acceptors (Lipinski definition) is 6. The lowest BCUT2D eigenvalue weighted by atomic mass is 10.0. The van der Waals surface area contributed by atoms with E-state index in [2.05, 4.69) is 23.9 Å². The number of rotatable bonds is 8. The van der Waals surface area contributed by atoms with Crippen molar-refractivity contribution >= 4 is 23.7 Å². The van der Waals surface area contributed by atoms with Crippen molar-refractivity contribution < 1.29 is 24.2 Å². The summed E-state index contributed by atoms with van der Waals surface area (Å²) in [4.78, 5) is 28.8. The normalized spacial score (nSPS) is 13.3. The number of esters is 1. The molecule has 0 bridgehead atoms. The Morgan fingerprint density at radius 1 is 1.30 bits per heavy atom. The minimum atomic E-state index is -1.15. The number of fused-ring (bicyclic) bond motifs is 1. The van der Waals surface area contributed by atoms with Crippen molar-refractivity contribution in [2.24, 2.45) is 5.92 Å². The number of carboxylic acid groups (broad SMARTS) is 1. The molecule has 0 aromatic carbocycles. The molecule has 0 saturated heterocycles. The number of nitrogens with zero attached hydrogens (tertiary/aromatic N) is 3. The molecule has 0 amide bonds. The molecule has 2 aromatic heterocycles. The van der Waals surface area contributed by atoms with Crippen molar-refractivity contribution in [2.75, 3.05) is 6.61 Å². The van der Waals surface area contributed by atoms with Crippen LogP contribution in [0.5, 0.6) is 0 Å². The highest BCUT2D eigenvalue weighted by Gasteiger charge is 2.33. The smallest absolute Gasteiger partial charge is 0.356 e. The molecule has 0 spiro atoms. The van der Waals surface area contributed by atoms with Crippen LogP contribution in [0.15, 0.2) is 12.1 Å². The van der Waals surface area contributed by atoms with Crippen molar-refractivity contribution in [1.82, 2.24) is 14.6 Å². The van der Waals surface area contributed by atoms with Crippen molar-refractivity contribution in [3.8, 4) is 0 Å². The first-order chi connectivity index (χ1) is 13.9. The zero-order chi connectivity index (χ0) is 22.6. The number of allylic oxidation sites excluding steroid dienone is 1. The Morgan fingerprint density at radius 3 is 2.50 bits per heavy atom. The Hall–Kier alpha value is -2.74. The van der Waals surface area contributed by atoms with Gasteiger partial charge in [0.2, 0.25) is 0 Å². The molecular weight excluding hydrogens is 386 g/mol. The molecule has 0 aliphatic heterocycles. The highest BCUT2D eigenvalue weighted by atomic mass is 16.6. The predicted octanol–water partition coefficient (Wildman–Crippen LogP) is 4.21. The maximum absolute atomic E-state index is 12.8. The molecule has 0 aliphatic rings. The number of carbonyl (C=O) groups is 2. The van der Waals surface area contributed by atoms with Gasteiger partial charge in [0.15, 0.2) is 17.4 Å². The second-order valence-electron chi connectivity index (χ2n) is 8.50. The molecule has 0 aliphatic carbocycles. The minimum absolute atomic E-state index is 0.123. The van der Waals surface area contributed by atoms with E-state index in [0.717, 1.165) is 6.42 Å². The number of aromatic carboxylic acids is 1. The summed E-state index contributed by atoms with van der Waals surface area (Å²) in [5, 5.41) is 13.6. The molecule has 8 heteroatoms. The summed E-state index contributed by atoms with van der Waals surface area (Å²) in [5.74, 6) is -1.24. The van der Waals surface area contributed by atoms with Crippen LogP contribution in [0.2, 0.25) is 0 Å². The van der Waals surface area contributed by atoms with E-state index in [9.17, 15) is 14.7 Å². The quantitative estimate of drug-likeness (QED) is 0.642. The lowest BCUT2D eigenvalue weighted by molar-refractivity contribution is -0.167. The fourth-order valence-electron chi connectivity index (χ4n) is 3.00. The Balaban J connectivity index is 2.78. The zero-order valence-corrected chi connectivity index (χ0v) is 18.7. The third kappa shape index (κ3) is 5.66. The molecular formula is C22H31N3O5. The molecule has 8 nitrogen and oxygen atoms in total. The minimum Gasteiger partial charge on any atom is -0.476 e. The van der Waals surface area contributed by atoms with Gasteiger partial charge >= 0.3 is 11.9 Å². The second-order valence-corrected chi connectivity index (χ2v) is 8.50. The number of hydrogen-bond donors (Lipinski definition) is 1. The largest absolute Gasteiger partial charge is 0.476 e. The maximum atomic E-state index is 12.8. The average molecular weight is 418 g/mol. The van der Waals surface area contributed by atoms with Gasteiger partial charge in [-0.3, -0.25) is 0 Å². The van der Waals surface area contributed by atoms with Gasteiger partial charge in [0.1, 0.15) is 0 Å². The number of aromatic nitrogens is 3. The zero-order valence-electron chi connectivity index (χ0n) is 18.7. The van der Waals surface area contributed by atoms with E-state index in [4.69, 9.17) is 9.47 Å². The predicted molar refractivity (Wildman–Crippen MR) is 113 cm³/mol. The molecule has 30 heavy (non-hydrogen) atoms. The summed E-state index contributed by atoms with van der Waals surface area (Å²) >= 11 is 0. The molecule has 2 rings (SSSR count).